The number of carbonyl (C=O) groups is 2. The number of carbonyl (C=O) groups excluding carboxylic acids is 2. The molecule has 0 aromatic rings. The molecule has 3 unspecified atom stereocenters. The molecule has 3 N–H and O–H groups in total. The third kappa shape index (κ3) is 38.3. The van der Waals surface area contributed by atoms with Gasteiger partial charge in [0.15, 0.2) is 0 Å². The van der Waals surface area contributed by atoms with Gasteiger partial charge in [-0.1, -0.05) is 158 Å². The Labute approximate surface area is 334 Å². The fourth-order valence-corrected chi connectivity index (χ4v) is 6.28. The standard InChI is InChI=1S/C44H77O10P/c1-3-5-7-9-11-13-15-17-18-19-20-21-22-24-26-28-30-32-34-36-44(48)54-42(38-46)40-52-55(49,50)51-39-41(37-45)53-43(47)35-33-31-29-27-25-23-16-14-12-10-8-6-4-2/h5,7,11,13,17-18,20-21,24,26,41-42,45-46H,3-4,6,8-10,12,14-16,19,22-23,25,27-40H2,1-2H3,(H,49,50)/b7-5-,13-11-,18-17-,21-20-,26-24-. The average Bonchev–Trinajstić information content (AvgIpc) is 3.17. The molecule has 0 aromatic heterocycles. The van der Waals surface area contributed by atoms with E-state index < -0.39 is 58.4 Å². The van der Waals surface area contributed by atoms with E-state index in [1.807, 2.05) is 0 Å². The normalized spacial score (nSPS) is 14.5. The minimum Gasteiger partial charge on any atom is -0.457 e. The molecule has 10 nitrogen and oxygen atoms in total. The Morgan fingerprint density at radius 2 is 0.855 bits per heavy atom. The van der Waals surface area contributed by atoms with Crippen molar-refractivity contribution in [1.82, 2.24) is 0 Å². The summed E-state index contributed by atoms with van der Waals surface area (Å²) >= 11 is 0. The van der Waals surface area contributed by atoms with Gasteiger partial charge in [0.2, 0.25) is 0 Å². The second-order valence-corrected chi connectivity index (χ2v) is 15.4. The molecular formula is C44H77O10P. The Morgan fingerprint density at radius 1 is 0.509 bits per heavy atom. The number of hydrogen-bond acceptors (Lipinski definition) is 9. The molecule has 0 amide bonds. The summed E-state index contributed by atoms with van der Waals surface area (Å²) in [5, 5.41) is 19.1. The molecular weight excluding hydrogens is 719 g/mol. The summed E-state index contributed by atoms with van der Waals surface area (Å²) < 4.78 is 32.5. The van der Waals surface area contributed by atoms with Crippen LogP contribution in [-0.2, 0) is 32.7 Å². The first-order valence-corrected chi connectivity index (χ1v) is 22.7. The summed E-state index contributed by atoms with van der Waals surface area (Å²) in [7, 11) is -4.64. The van der Waals surface area contributed by atoms with E-state index in [0.717, 1.165) is 70.6 Å². The average molecular weight is 797 g/mol. The zero-order chi connectivity index (χ0) is 40.5. The highest BCUT2D eigenvalue weighted by atomic mass is 31.2. The van der Waals surface area contributed by atoms with E-state index in [1.54, 1.807) is 0 Å². The fourth-order valence-electron chi connectivity index (χ4n) is 5.49. The first-order valence-electron chi connectivity index (χ1n) is 21.2. The fraction of sp³-hybridized carbons (Fsp3) is 0.727. The van der Waals surface area contributed by atoms with Gasteiger partial charge >= 0.3 is 19.8 Å². The van der Waals surface area contributed by atoms with Gasteiger partial charge in [-0.3, -0.25) is 18.6 Å². The molecule has 0 heterocycles. The molecule has 0 saturated heterocycles. The zero-order valence-corrected chi connectivity index (χ0v) is 35.3. The monoisotopic (exact) mass is 797 g/mol. The molecule has 3 atom stereocenters. The number of esters is 2. The Balaban J connectivity index is 4.00. The van der Waals surface area contributed by atoms with Crippen LogP contribution in [-0.4, -0.2) is 65.7 Å². The highest BCUT2D eigenvalue weighted by molar-refractivity contribution is 7.47. The highest BCUT2D eigenvalue weighted by Crippen LogP contribution is 2.43. The van der Waals surface area contributed by atoms with E-state index in [1.165, 1.54) is 57.8 Å². The number of allylic oxidation sites excluding steroid dienone is 10. The largest absolute Gasteiger partial charge is 0.472 e. The minimum absolute atomic E-state index is 0.151. The SMILES string of the molecule is CC/C=C\C/C=C\C/C=C\C/C=C\C/C=C\CCCCCC(=O)OC(CO)COP(=O)(O)OCC(CO)OC(=O)CCCCCCCCCCCCCCC. The van der Waals surface area contributed by atoms with Gasteiger partial charge < -0.3 is 24.6 Å². The van der Waals surface area contributed by atoms with Gasteiger partial charge in [-0.15, -0.1) is 0 Å². The number of aliphatic hydroxyl groups excluding tert-OH is 2. The third-order valence-corrected chi connectivity index (χ3v) is 9.70. The van der Waals surface area contributed by atoms with Gasteiger partial charge in [-0.05, 0) is 57.8 Å². The van der Waals surface area contributed by atoms with Crippen molar-refractivity contribution < 1.29 is 47.8 Å². The van der Waals surface area contributed by atoms with Crippen LogP contribution < -0.4 is 0 Å². The van der Waals surface area contributed by atoms with Crippen LogP contribution in [0.3, 0.4) is 0 Å². The van der Waals surface area contributed by atoms with Crippen LogP contribution in [0.1, 0.15) is 168 Å². The van der Waals surface area contributed by atoms with Crippen molar-refractivity contribution in [3.8, 4) is 0 Å². The molecule has 0 rings (SSSR count). The van der Waals surface area contributed by atoms with Crippen molar-refractivity contribution in [1.29, 1.82) is 0 Å². The molecule has 11 heteroatoms. The lowest BCUT2D eigenvalue weighted by Crippen LogP contribution is -2.28. The number of unbranched alkanes of at least 4 members (excludes halogenated alkanes) is 15. The van der Waals surface area contributed by atoms with Gasteiger partial charge in [0.25, 0.3) is 0 Å². The molecule has 0 fully saturated rings. The van der Waals surface area contributed by atoms with E-state index in [4.69, 9.17) is 18.5 Å². The van der Waals surface area contributed by atoms with E-state index in [2.05, 4.69) is 74.6 Å². The number of phosphoric acid groups is 1. The van der Waals surface area contributed by atoms with E-state index in [-0.39, 0.29) is 12.8 Å². The Kier molecular flexibility index (Phi) is 38.2. The first-order chi connectivity index (χ1) is 26.8. The van der Waals surface area contributed by atoms with Gasteiger partial charge in [-0.25, -0.2) is 4.57 Å². The maximum Gasteiger partial charge on any atom is 0.472 e. The molecule has 0 spiro atoms. The lowest BCUT2D eigenvalue weighted by molar-refractivity contribution is -0.153. The van der Waals surface area contributed by atoms with Crippen LogP contribution in [0.15, 0.2) is 60.8 Å². The maximum absolute atomic E-state index is 12.3. The minimum atomic E-state index is -4.64. The van der Waals surface area contributed by atoms with Crippen molar-refractivity contribution in [3.05, 3.63) is 60.8 Å². The second-order valence-electron chi connectivity index (χ2n) is 13.9. The third-order valence-electron chi connectivity index (χ3n) is 8.74. The lowest BCUT2D eigenvalue weighted by Gasteiger charge is -2.20. The lowest BCUT2D eigenvalue weighted by atomic mass is 10.0. The van der Waals surface area contributed by atoms with Crippen LogP contribution in [0.25, 0.3) is 0 Å². The maximum atomic E-state index is 12.3. The topological polar surface area (TPSA) is 149 Å². The summed E-state index contributed by atoms with van der Waals surface area (Å²) in [4.78, 5) is 34.5. The predicted molar refractivity (Wildman–Crippen MR) is 224 cm³/mol. The molecule has 0 aliphatic heterocycles. The smallest absolute Gasteiger partial charge is 0.457 e. The van der Waals surface area contributed by atoms with Crippen LogP contribution in [0.5, 0.6) is 0 Å². The predicted octanol–water partition coefficient (Wildman–Crippen LogP) is 11.1. The number of hydrogen-bond donors (Lipinski definition) is 3. The summed E-state index contributed by atoms with van der Waals surface area (Å²) in [6.45, 7) is 2.05. The Hall–Kier alpha value is -2.33. The number of ether oxygens (including phenoxy) is 2. The summed E-state index contributed by atoms with van der Waals surface area (Å²) in [5.41, 5.74) is 0. The van der Waals surface area contributed by atoms with Crippen LogP contribution in [0.4, 0.5) is 0 Å². The summed E-state index contributed by atoms with van der Waals surface area (Å²) in [6, 6.07) is 0. The highest BCUT2D eigenvalue weighted by Gasteiger charge is 2.27. The number of rotatable bonds is 39. The van der Waals surface area contributed by atoms with E-state index in [0.29, 0.717) is 12.8 Å². The summed E-state index contributed by atoms with van der Waals surface area (Å²) in [5.74, 6) is -1.05. The molecule has 318 valence electrons. The Morgan fingerprint density at radius 3 is 1.24 bits per heavy atom. The van der Waals surface area contributed by atoms with Gasteiger partial charge in [0, 0.05) is 12.8 Å². The van der Waals surface area contributed by atoms with Crippen molar-refractivity contribution in [2.45, 2.75) is 180 Å². The van der Waals surface area contributed by atoms with Crippen molar-refractivity contribution in [2.75, 3.05) is 26.4 Å². The van der Waals surface area contributed by atoms with Crippen molar-refractivity contribution in [2.24, 2.45) is 0 Å². The molecule has 0 bridgehead atoms. The van der Waals surface area contributed by atoms with E-state index >= 15 is 0 Å². The summed E-state index contributed by atoms with van der Waals surface area (Å²) in [6.07, 6.45) is 43.3. The van der Waals surface area contributed by atoms with Crippen LogP contribution in [0, 0.1) is 0 Å². The van der Waals surface area contributed by atoms with Crippen LogP contribution >= 0.6 is 7.82 Å². The first kappa shape index (κ1) is 52.7. The van der Waals surface area contributed by atoms with E-state index in [9.17, 15) is 29.3 Å². The molecule has 0 aromatic carbocycles. The molecule has 0 radical (unpaired) electrons. The number of aliphatic hydroxyl groups is 2. The van der Waals surface area contributed by atoms with Gasteiger partial charge in [0.1, 0.15) is 12.2 Å². The molecule has 0 saturated carbocycles. The number of phosphoric ester groups is 1. The van der Waals surface area contributed by atoms with Gasteiger partial charge in [0.05, 0.1) is 26.4 Å². The molecule has 0 aliphatic carbocycles. The molecule has 55 heavy (non-hydrogen) atoms. The van der Waals surface area contributed by atoms with Crippen LogP contribution in [0.2, 0.25) is 0 Å². The van der Waals surface area contributed by atoms with Gasteiger partial charge in [-0.2, -0.15) is 0 Å². The quantitative estimate of drug-likeness (QED) is 0.0237. The second kappa shape index (κ2) is 39.9. The van der Waals surface area contributed by atoms with Crippen molar-refractivity contribution >= 4 is 19.8 Å². The molecule has 0 aliphatic rings. The Bertz CT molecular complexity index is 1100. The zero-order valence-electron chi connectivity index (χ0n) is 34.4. The van der Waals surface area contributed by atoms with Crippen molar-refractivity contribution in [3.63, 3.8) is 0 Å².